The summed E-state index contributed by atoms with van der Waals surface area (Å²) in [5.74, 6) is 2.12. The molecule has 1 fully saturated rings. The normalized spacial score (nSPS) is 14.0. The number of carbonyl (C=O) groups excluding carboxylic acids is 1. The van der Waals surface area contributed by atoms with Gasteiger partial charge in [-0.1, -0.05) is 30.3 Å². The number of benzene rings is 2. The molecule has 0 bridgehead atoms. The predicted molar refractivity (Wildman–Crippen MR) is 112 cm³/mol. The molecule has 7 heteroatoms. The van der Waals surface area contributed by atoms with Gasteiger partial charge in [0.05, 0.1) is 46.4 Å². The van der Waals surface area contributed by atoms with E-state index in [0.29, 0.717) is 54.9 Å². The van der Waals surface area contributed by atoms with E-state index in [1.54, 1.807) is 27.4 Å². The van der Waals surface area contributed by atoms with Crippen LogP contribution >= 0.6 is 0 Å². The Hall–Kier alpha value is -3.19. The number of rotatable bonds is 6. The first-order valence-electron chi connectivity index (χ1n) is 9.83. The molecule has 3 aromatic rings. The molecule has 1 amide bonds. The molecule has 1 aliphatic heterocycles. The number of amides is 1. The number of methoxy groups -OCH3 is 3. The molecular formula is C23H25NO6. The molecule has 2 aromatic carbocycles. The van der Waals surface area contributed by atoms with E-state index in [-0.39, 0.29) is 12.3 Å². The third-order valence-corrected chi connectivity index (χ3v) is 5.31. The van der Waals surface area contributed by atoms with Gasteiger partial charge in [-0.2, -0.15) is 0 Å². The lowest BCUT2D eigenvalue weighted by Gasteiger charge is -2.27. The summed E-state index contributed by atoms with van der Waals surface area (Å²) in [5, 5.41) is 0.718. The molecule has 7 nitrogen and oxygen atoms in total. The molecule has 30 heavy (non-hydrogen) atoms. The van der Waals surface area contributed by atoms with E-state index in [2.05, 4.69) is 0 Å². The van der Waals surface area contributed by atoms with Crippen molar-refractivity contribution < 1.29 is 28.2 Å². The molecule has 4 rings (SSSR count). The fraction of sp³-hybridized carbons (Fsp3) is 0.348. The Kier molecular flexibility index (Phi) is 5.81. The molecule has 0 unspecified atom stereocenters. The number of carbonyl (C=O) groups is 1. The summed E-state index contributed by atoms with van der Waals surface area (Å²) in [6.07, 6.45) is 0.184. The van der Waals surface area contributed by atoms with Crippen LogP contribution in [0.3, 0.4) is 0 Å². The molecule has 1 aromatic heterocycles. The summed E-state index contributed by atoms with van der Waals surface area (Å²) < 4.78 is 28.3. The van der Waals surface area contributed by atoms with Gasteiger partial charge in [-0.3, -0.25) is 4.79 Å². The maximum absolute atomic E-state index is 13.1. The van der Waals surface area contributed by atoms with Crippen LogP contribution in [0.5, 0.6) is 17.2 Å². The molecule has 0 spiro atoms. The van der Waals surface area contributed by atoms with Gasteiger partial charge in [0.2, 0.25) is 11.7 Å². The van der Waals surface area contributed by atoms with E-state index in [0.717, 1.165) is 16.5 Å². The standard InChI is InChI=1S/C23H25NO6/c1-26-18-14-17-20(23(28-3)22(18)27-2)16(13-19(25)24-9-11-29-12-10-24)21(30-17)15-7-5-4-6-8-15/h4-8,14H,9-13H2,1-3H3. The zero-order valence-electron chi connectivity index (χ0n) is 17.4. The van der Waals surface area contributed by atoms with Crippen molar-refractivity contribution in [3.8, 4) is 28.6 Å². The number of morpholine rings is 1. The third-order valence-electron chi connectivity index (χ3n) is 5.31. The molecule has 0 saturated carbocycles. The van der Waals surface area contributed by atoms with Crippen molar-refractivity contribution >= 4 is 16.9 Å². The second-order valence-electron chi connectivity index (χ2n) is 6.96. The largest absolute Gasteiger partial charge is 0.493 e. The monoisotopic (exact) mass is 411 g/mol. The molecule has 1 aliphatic rings. The van der Waals surface area contributed by atoms with Crippen LogP contribution in [0.2, 0.25) is 0 Å². The lowest BCUT2D eigenvalue weighted by molar-refractivity contribution is -0.134. The van der Waals surface area contributed by atoms with Gasteiger partial charge in [0.25, 0.3) is 0 Å². The Morgan fingerprint density at radius 2 is 1.70 bits per heavy atom. The van der Waals surface area contributed by atoms with Gasteiger partial charge < -0.3 is 28.3 Å². The van der Waals surface area contributed by atoms with E-state index in [1.165, 1.54) is 0 Å². The van der Waals surface area contributed by atoms with Crippen molar-refractivity contribution in [1.29, 1.82) is 0 Å². The molecule has 1 saturated heterocycles. The molecule has 0 atom stereocenters. The fourth-order valence-corrected chi connectivity index (χ4v) is 3.85. The molecule has 0 aliphatic carbocycles. The molecule has 0 radical (unpaired) electrons. The fourth-order valence-electron chi connectivity index (χ4n) is 3.85. The van der Waals surface area contributed by atoms with Crippen LogP contribution in [0.15, 0.2) is 40.8 Å². The van der Waals surface area contributed by atoms with Gasteiger partial charge in [0.1, 0.15) is 11.3 Å². The minimum atomic E-state index is 0.0232. The SMILES string of the molecule is COc1cc2oc(-c3ccccc3)c(CC(=O)N3CCOCC3)c2c(OC)c1OC. The maximum Gasteiger partial charge on any atom is 0.227 e. The summed E-state index contributed by atoms with van der Waals surface area (Å²) in [6, 6.07) is 11.5. The Labute approximate surface area is 175 Å². The first kappa shape index (κ1) is 20.1. The van der Waals surface area contributed by atoms with E-state index in [9.17, 15) is 4.79 Å². The highest BCUT2D eigenvalue weighted by atomic mass is 16.5. The van der Waals surface area contributed by atoms with Crippen LogP contribution in [0.25, 0.3) is 22.3 Å². The predicted octanol–water partition coefficient (Wildman–Crippen LogP) is 3.53. The zero-order valence-corrected chi connectivity index (χ0v) is 17.4. The van der Waals surface area contributed by atoms with Crippen molar-refractivity contribution in [3.05, 3.63) is 42.0 Å². The summed E-state index contributed by atoms with van der Waals surface area (Å²) in [5.41, 5.74) is 2.23. The number of furan rings is 1. The van der Waals surface area contributed by atoms with E-state index in [4.69, 9.17) is 23.4 Å². The van der Waals surface area contributed by atoms with Crippen molar-refractivity contribution in [2.75, 3.05) is 47.6 Å². The van der Waals surface area contributed by atoms with Gasteiger partial charge in [0, 0.05) is 30.3 Å². The number of hydrogen-bond donors (Lipinski definition) is 0. The Balaban J connectivity index is 1.91. The minimum absolute atomic E-state index is 0.0232. The van der Waals surface area contributed by atoms with E-state index < -0.39 is 0 Å². The van der Waals surface area contributed by atoms with Crippen molar-refractivity contribution in [2.24, 2.45) is 0 Å². The topological polar surface area (TPSA) is 70.4 Å². The number of ether oxygens (including phenoxy) is 4. The lowest BCUT2D eigenvalue weighted by atomic mass is 10.0. The minimum Gasteiger partial charge on any atom is -0.493 e. The van der Waals surface area contributed by atoms with Crippen LogP contribution in [0, 0.1) is 0 Å². The summed E-state index contributed by atoms with van der Waals surface area (Å²) >= 11 is 0. The van der Waals surface area contributed by atoms with Crippen LogP contribution in [-0.4, -0.2) is 58.4 Å². The Bertz CT molecular complexity index is 1040. The first-order valence-corrected chi connectivity index (χ1v) is 9.83. The summed E-state index contributed by atoms with van der Waals surface area (Å²) in [6.45, 7) is 2.28. The highest BCUT2D eigenvalue weighted by Crippen LogP contribution is 2.48. The van der Waals surface area contributed by atoms with Crippen LogP contribution in [0.4, 0.5) is 0 Å². The maximum atomic E-state index is 13.1. The quantitative estimate of drug-likeness (QED) is 0.618. The average Bonchev–Trinajstić information content (AvgIpc) is 3.16. The molecule has 0 N–H and O–H groups in total. The first-order chi connectivity index (χ1) is 14.7. The second-order valence-corrected chi connectivity index (χ2v) is 6.96. The van der Waals surface area contributed by atoms with Crippen LogP contribution in [0.1, 0.15) is 5.56 Å². The summed E-state index contributed by atoms with van der Waals surface area (Å²) in [4.78, 5) is 14.9. The highest BCUT2D eigenvalue weighted by Gasteiger charge is 2.28. The zero-order chi connectivity index (χ0) is 21.1. The second kappa shape index (κ2) is 8.67. The Morgan fingerprint density at radius 1 is 1.00 bits per heavy atom. The van der Waals surface area contributed by atoms with Crippen molar-refractivity contribution in [1.82, 2.24) is 4.90 Å². The molecular weight excluding hydrogens is 386 g/mol. The highest BCUT2D eigenvalue weighted by molar-refractivity contribution is 5.99. The Morgan fingerprint density at radius 3 is 2.33 bits per heavy atom. The van der Waals surface area contributed by atoms with Gasteiger partial charge >= 0.3 is 0 Å². The van der Waals surface area contributed by atoms with Gasteiger partial charge in [-0.25, -0.2) is 0 Å². The number of fused-ring (bicyclic) bond motifs is 1. The lowest BCUT2D eigenvalue weighted by Crippen LogP contribution is -2.41. The average molecular weight is 411 g/mol. The van der Waals surface area contributed by atoms with Crippen molar-refractivity contribution in [2.45, 2.75) is 6.42 Å². The van der Waals surface area contributed by atoms with Crippen LogP contribution in [-0.2, 0) is 16.0 Å². The third kappa shape index (κ3) is 3.57. The smallest absolute Gasteiger partial charge is 0.227 e. The number of nitrogens with zero attached hydrogens (tertiary/aromatic N) is 1. The van der Waals surface area contributed by atoms with Gasteiger partial charge in [-0.05, 0) is 0 Å². The summed E-state index contributed by atoms with van der Waals surface area (Å²) in [7, 11) is 4.69. The van der Waals surface area contributed by atoms with E-state index in [1.807, 2.05) is 35.2 Å². The van der Waals surface area contributed by atoms with Crippen molar-refractivity contribution in [3.63, 3.8) is 0 Å². The molecule has 2 heterocycles. The van der Waals surface area contributed by atoms with Gasteiger partial charge in [-0.15, -0.1) is 0 Å². The van der Waals surface area contributed by atoms with Crippen LogP contribution < -0.4 is 14.2 Å². The molecule has 158 valence electrons. The van der Waals surface area contributed by atoms with Gasteiger partial charge in [0.15, 0.2) is 11.5 Å². The van der Waals surface area contributed by atoms with E-state index >= 15 is 0 Å². The number of hydrogen-bond acceptors (Lipinski definition) is 6.